The molecule has 144 valence electrons. The van der Waals surface area contributed by atoms with Gasteiger partial charge in [0.05, 0.1) is 5.02 Å². The van der Waals surface area contributed by atoms with Crippen molar-refractivity contribution in [3.05, 3.63) is 41.7 Å². The number of nitrogens with zero attached hydrogens (tertiary/aromatic N) is 4. The lowest BCUT2D eigenvalue weighted by molar-refractivity contribution is -0.134. The third kappa shape index (κ3) is 4.89. The van der Waals surface area contributed by atoms with Crippen molar-refractivity contribution in [1.29, 1.82) is 0 Å². The highest BCUT2D eigenvalue weighted by Gasteiger charge is 2.28. The molecule has 1 amide bonds. The summed E-state index contributed by atoms with van der Waals surface area (Å²) in [6.07, 6.45) is 2.08. The number of halogens is 1. The van der Waals surface area contributed by atoms with Gasteiger partial charge in [-0.1, -0.05) is 37.6 Å². The molecular weight excluding hydrogens is 364 g/mol. The molecule has 27 heavy (non-hydrogen) atoms. The molecular formula is C20H25ClN4O2. The van der Waals surface area contributed by atoms with Crippen molar-refractivity contribution in [1.82, 2.24) is 14.9 Å². The fourth-order valence-electron chi connectivity index (χ4n) is 3.20. The minimum absolute atomic E-state index is 0.132. The van der Waals surface area contributed by atoms with Gasteiger partial charge in [-0.05, 0) is 25.0 Å². The number of amides is 1. The van der Waals surface area contributed by atoms with Crippen molar-refractivity contribution >= 4 is 23.3 Å². The van der Waals surface area contributed by atoms with Crippen LogP contribution in [0.1, 0.15) is 27.2 Å². The second-order valence-electron chi connectivity index (χ2n) is 7.23. The van der Waals surface area contributed by atoms with Crippen LogP contribution in [0.15, 0.2) is 36.7 Å². The summed E-state index contributed by atoms with van der Waals surface area (Å²) in [6.45, 7) is 8.37. The molecule has 0 radical (unpaired) electrons. The van der Waals surface area contributed by atoms with E-state index in [4.69, 9.17) is 16.3 Å². The number of benzene rings is 1. The van der Waals surface area contributed by atoms with Crippen LogP contribution in [-0.4, -0.2) is 46.5 Å². The molecule has 0 spiro atoms. The summed E-state index contributed by atoms with van der Waals surface area (Å²) in [4.78, 5) is 25.1. The van der Waals surface area contributed by atoms with Crippen LogP contribution >= 0.6 is 11.6 Å². The molecule has 1 aliphatic rings. The van der Waals surface area contributed by atoms with E-state index in [1.165, 1.54) is 6.33 Å². The second-order valence-corrected chi connectivity index (χ2v) is 7.63. The quantitative estimate of drug-likeness (QED) is 0.774. The van der Waals surface area contributed by atoms with Gasteiger partial charge in [0, 0.05) is 38.2 Å². The van der Waals surface area contributed by atoms with Crippen LogP contribution in [0.5, 0.6) is 11.6 Å². The summed E-state index contributed by atoms with van der Waals surface area (Å²) in [6, 6.07) is 9.22. The van der Waals surface area contributed by atoms with E-state index in [0.29, 0.717) is 35.5 Å². The molecule has 0 unspecified atom stereocenters. The molecule has 7 heteroatoms. The average Bonchev–Trinajstić information content (AvgIpc) is 2.63. The molecule has 0 N–H and O–H groups in total. The van der Waals surface area contributed by atoms with E-state index in [-0.39, 0.29) is 11.9 Å². The van der Waals surface area contributed by atoms with Gasteiger partial charge >= 0.3 is 0 Å². The molecule has 1 aliphatic heterocycles. The van der Waals surface area contributed by atoms with Gasteiger partial charge in [-0.15, -0.1) is 0 Å². The van der Waals surface area contributed by atoms with Crippen molar-refractivity contribution < 1.29 is 9.53 Å². The first-order chi connectivity index (χ1) is 12.9. The number of rotatable bonds is 5. The van der Waals surface area contributed by atoms with Crippen molar-refractivity contribution in [3.8, 4) is 11.6 Å². The van der Waals surface area contributed by atoms with Gasteiger partial charge in [0.1, 0.15) is 17.9 Å². The number of piperazine rings is 1. The monoisotopic (exact) mass is 388 g/mol. The molecule has 6 nitrogen and oxygen atoms in total. The maximum Gasteiger partial charge on any atom is 0.224 e. The van der Waals surface area contributed by atoms with E-state index in [0.717, 1.165) is 18.9 Å². The fraction of sp³-hybridized carbons (Fsp3) is 0.450. The molecule has 1 fully saturated rings. The van der Waals surface area contributed by atoms with E-state index < -0.39 is 0 Å². The molecule has 1 aromatic heterocycles. The summed E-state index contributed by atoms with van der Waals surface area (Å²) in [5, 5.41) is 0.531. The van der Waals surface area contributed by atoms with E-state index in [9.17, 15) is 4.79 Å². The van der Waals surface area contributed by atoms with E-state index >= 15 is 0 Å². The smallest absolute Gasteiger partial charge is 0.224 e. The van der Waals surface area contributed by atoms with Crippen molar-refractivity contribution in [2.45, 2.75) is 33.2 Å². The molecule has 0 bridgehead atoms. The van der Waals surface area contributed by atoms with Crippen LogP contribution in [0.4, 0.5) is 5.82 Å². The van der Waals surface area contributed by atoms with Gasteiger partial charge in [-0.25, -0.2) is 9.97 Å². The van der Waals surface area contributed by atoms with Crippen molar-refractivity contribution in [2.24, 2.45) is 5.92 Å². The number of carbonyl (C=O) groups is 1. The number of para-hydroxylation sites is 1. The predicted molar refractivity (Wildman–Crippen MR) is 106 cm³/mol. The van der Waals surface area contributed by atoms with Gasteiger partial charge in [-0.2, -0.15) is 0 Å². The predicted octanol–water partition coefficient (Wildman–Crippen LogP) is 4.01. The standard InChI is InChI=1S/C20H25ClN4O2/c1-14(2)10-20(26)25-9-8-24(12-15(25)3)18-11-19(23-13-22-18)27-17-7-5-4-6-16(17)21/h4-7,11,13-15H,8-10,12H2,1-3H3/t15-/m1/s1. The first-order valence-electron chi connectivity index (χ1n) is 9.23. The van der Waals surface area contributed by atoms with Crippen LogP contribution in [0, 0.1) is 5.92 Å². The number of anilines is 1. The topological polar surface area (TPSA) is 58.6 Å². The summed E-state index contributed by atoms with van der Waals surface area (Å²) in [5.41, 5.74) is 0. The van der Waals surface area contributed by atoms with E-state index in [2.05, 4.69) is 35.6 Å². The Morgan fingerprint density at radius 1 is 1.30 bits per heavy atom. The largest absolute Gasteiger partial charge is 0.437 e. The van der Waals surface area contributed by atoms with Gasteiger partial charge < -0.3 is 14.5 Å². The maximum atomic E-state index is 12.4. The molecule has 2 aromatic rings. The zero-order chi connectivity index (χ0) is 19.4. The molecule has 0 aliphatic carbocycles. The molecule has 3 rings (SSSR count). The fourth-order valence-corrected chi connectivity index (χ4v) is 3.38. The number of ether oxygens (including phenoxy) is 1. The molecule has 1 aromatic carbocycles. The summed E-state index contributed by atoms with van der Waals surface area (Å²) in [5.74, 6) is 2.38. The number of hydrogen-bond donors (Lipinski definition) is 0. The first kappa shape index (κ1) is 19.4. The Hall–Kier alpha value is -2.34. The highest BCUT2D eigenvalue weighted by molar-refractivity contribution is 6.32. The zero-order valence-electron chi connectivity index (χ0n) is 15.9. The number of carbonyl (C=O) groups excluding carboxylic acids is 1. The van der Waals surface area contributed by atoms with Crippen LogP contribution in [0.25, 0.3) is 0 Å². The third-order valence-corrected chi connectivity index (χ3v) is 4.85. The van der Waals surface area contributed by atoms with Gasteiger partial charge in [-0.3, -0.25) is 4.79 Å². The minimum atomic E-state index is 0.132. The second kappa shape index (κ2) is 8.57. The number of hydrogen-bond acceptors (Lipinski definition) is 5. The highest BCUT2D eigenvalue weighted by Crippen LogP contribution is 2.29. The van der Waals surface area contributed by atoms with Gasteiger partial charge in [0.15, 0.2) is 0 Å². The Morgan fingerprint density at radius 2 is 2.07 bits per heavy atom. The molecule has 0 saturated carbocycles. The summed E-state index contributed by atoms with van der Waals surface area (Å²) in [7, 11) is 0. The average molecular weight is 389 g/mol. The van der Waals surface area contributed by atoms with E-state index in [1.807, 2.05) is 23.1 Å². The van der Waals surface area contributed by atoms with Crippen LogP contribution in [0.2, 0.25) is 5.02 Å². The lowest BCUT2D eigenvalue weighted by Gasteiger charge is -2.40. The van der Waals surface area contributed by atoms with Crippen LogP contribution < -0.4 is 9.64 Å². The van der Waals surface area contributed by atoms with Gasteiger partial charge in [0.25, 0.3) is 0 Å². The Kier molecular flexibility index (Phi) is 6.16. The van der Waals surface area contributed by atoms with Crippen molar-refractivity contribution in [2.75, 3.05) is 24.5 Å². The SMILES string of the molecule is CC(C)CC(=O)N1CCN(c2cc(Oc3ccccc3Cl)ncn2)C[C@H]1C. The Balaban J connectivity index is 1.68. The molecule has 1 atom stereocenters. The Bertz CT molecular complexity index is 799. The first-order valence-corrected chi connectivity index (χ1v) is 9.60. The summed E-state index contributed by atoms with van der Waals surface area (Å²) >= 11 is 6.15. The lowest BCUT2D eigenvalue weighted by atomic mass is 10.1. The van der Waals surface area contributed by atoms with E-state index in [1.54, 1.807) is 12.1 Å². The normalized spacial score (nSPS) is 17.3. The Morgan fingerprint density at radius 3 is 2.78 bits per heavy atom. The van der Waals surface area contributed by atoms with Crippen LogP contribution in [0.3, 0.4) is 0 Å². The maximum absolute atomic E-state index is 12.4. The van der Waals surface area contributed by atoms with Crippen molar-refractivity contribution in [3.63, 3.8) is 0 Å². The number of aromatic nitrogens is 2. The lowest BCUT2D eigenvalue weighted by Crippen LogP contribution is -2.54. The summed E-state index contributed by atoms with van der Waals surface area (Å²) < 4.78 is 5.80. The highest BCUT2D eigenvalue weighted by atomic mass is 35.5. The van der Waals surface area contributed by atoms with Gasteiger partial charge in [0.2, 0.25) is 11.8 Å². The van der Waals surface area contributed by atoms with Crippen LogP contribution in [-0.2, 0) is 4.79 Å². The Labute approximate surface area is 165 Å². The molecule has 2 heterocycles. The molecule has 1 saturated heterocycles. The minimum Gasteiger partial charge on any atom is -0.437 e. The zero-order valence-corrected chi connectivity index (χ0v) is 16.7. The third-order valence-electron chi connectivity index (χ3n) is 4.53.